The Hall–Kier alpha value is -2.88. The number of aromatic carboxylic acids is 1. The fourth-order valence-electron chi connectivity index (χ4n) is 3.10. The van der Waals surface area contributed by atoms with Gasteiger partial charge in [0.25, 0.3) is 0 Å². The number of carboxylic acid groups (broad SMARTS) is 1. The van der Waals surface area contributed by atoms with Crippen LogP contribution in [0.1, 0.15) is 50.2 Å². The molecule has 1 unspecified atom stereocenters. The van der Waals surface area contributed by atoms with E-state index in [4.69, 9.17) is 5.11 Å². The van der Waals surface area contributed by atoms with Gasteiger partial charge in [-0.05, 0) is 47.9 Å². The second kappa shape index (κ2) is 5.39. The predicted octanol–water partition coefficient (Wildman–Crippen LogP) is 3.78. The summed E-state index contributed by atoms with van der Waals surface area (Å²) >= 11 is 0. The van der Waals surface area contributed by atoms with Gasteiger partial charge in [-0.2, -0.15) is 0 Å². The van der Waals surface area contributed by atoms with Crippen LogP contribution in [0.15, 0.2) is 42.0 Å². The summed E-state index contributed by atoms with van der Waals surface area (Å²) in [5.41, 5.74) is 3.79. The van der Waals surface area contributed by atoms with E-state index in [0.29, 0.717) is 11.1 Å². The summed E-state index contributed by atoms with van der Waals surface area (Å²) in [6.07, 6.45) is 1.76. The zero-order valence-electron chi connectivity index (χ0n) is 12.8. The number of hydrogen-bond donors (Lipinski definition) is 2. The zero-order valence-corrected chi connectivity index (χ0v) is 12.8. The maximum atomic E-state index is 12.6. The first-order valence-corrected chi connectivity index (χ1v) is 7.32. The summed E-state index contributed by atoms with van der Waals surface area (Å²) in [6, 6.07) is 9.72. The topological polar surface area (TPSA) is 74.6 Å². The first-order chi connectivity index (χ1) is 10.9. The van der Waals surface area contributed by atoms with Crippen LogP contribution >= 0.6 is 0 Å². The number of Topliss-reactive ketones (excluding diaryl/α,β-unsaturated/α-hetero) is 1. The summed E-state index contributed by atoms with van der Waals surface area (Å²) in [5, 5.41) is 18.9. The summed E-state index contributed by atoms with van der Waals surface area (Å²) < 4.78 is 0. The number of hydrogen-bond acceptors (Lipinski definition) is 3. The number of ketones is 1. The molecule has 2 aromatic carbocycles. The number of allylic oxidation sites excluding steroid dienone is 1. The van der Waals surface area contributed by atoms with Gasteiger partial charge in [0.05, 0.1) is 11.1 Å². The summed E-state index contributed by atoms with van der Waals surface area (Å²) in [7, 11) is 0. The Labute approximate surface area is 133 Å². The Bertz CT molecular complexity index is 844. The van der Waals surface area contributed by atoms with Crippen LogP contribution in [0.4, 0.5) is 0 Å². The van der Waals surface area contributed by atoms with E-state index >= 15 is 0 Å². The average molecular weight is 308 g/mol. The molecule has 1 atom stereocenters. The molecule has 2 aromatic rings. The van der Waals surface area contributed by atoms with Crippen LogP contribution in [0.5, 0.6) is 5.75 Å². The van der Waals surface area contributed by atoms with E-state index < -0.39 is 5.97 Å². The molecule has 116 valence electrons. The van der Waals surface area contributed by atoms with Crippen molar-refractivity contribution in [3.63, 3.8) is 0 Å². The largest absolute Gasteiger partial charge is 0.507 e. The molecule has 0 saturated carbocycles. The number of aromatic hydroxyl groups is 1. The lowest BCUT2D eigenvalue weighted by Gasteiger charge is -2.09. The molecule has 4 nitrogen and oxygen atoms in total. The van der Waals surface area contributed by atoms with Crippen molar-refractivity contribution in [2.75, 3.05) is 0 Å². The minimum absolute atomic E-state index is 0.00655. The molecule has 0 aliphatic heterocycles. The van der Waals surface area contributed by atoms with E-state index in [-0.39, 0.29) is 23.0 Å². The lowest BCUT2D eigenvalue weighted by Crippen LogP contribution is -1.98. The van der Waals surface area contributed by atoms with E-state index in [1.165, 1.54) is 12.1 Å². The number of phenolic OH excluding ortho intramolecular Hbond substituents is 1. The Morgan fingerprint density at radius 2 is 1.78 bits per heavy atom. The summed E-state index contributed by atoms with van der Waals surface area (Å²) in [5.74, 6) is -1.26. The van der Waals surface area contributed by atoms with Crippen LogP contribution in [0.2, 0.25) is 0 Å². The van der Waals surface area contributed by atoms with Crippen LogP contribution in [-0.2, 0) is 0 Å². The third-order valence-corrected chi connectivity index (χ3v) is 4.31. The number of phenols is 1. The van der Waals surface area contributed by atoms with E-state index in [1.54, 1.807) is 24.3 Å². The van der Waals surface area contributed by atoms with E-state index in [9.17, 15) is 14.7 Å². The van der Waals surface area contributed by atoms with Crippen LogP contribution in [0.25, 0.3) is 6.08 Å². The SMILES string of the molecule is Cc1ccc(O)c2c1C(C)/C(=C\c1ccc(C(=O)O)cc1)C2=O. The molecule has 0 fully saturated rings. The molecule has 1 aliphatic carbocycles. The molecule has 0 spiro atoms. The zero-order chi connectivity index (χ0) is 16.7. The van der Waals surface area contributed by atoms with E-state index in [1.807, 2.05) is 19.9 Å². The van der Waals surface area contributed by atoms with Crippen LogP contribution < -0.4 is 0 Å². The highest BCUT2D eigenvalue weighted by atomic mass is 16.4. The van der Waals surface area contributed by atoms with Crippen molar-refractivity contribution < 1.29 is 19.8 Å². The molecule has 0 radical (unpaired) electrons. The fourth-order valence-corrected chi connectivity index (χ4v) is 3.10. The third kappa shape index (κ3) is 2.42. The highest BCUT2D eigenvalue weighted by Gasteiger charge is 2.35. The maximum Gasteiger partial charge on any atom is 0.335 e. The summed E-state index contributed by atoms with van der Waals surface area (Å²) in [6.45, 7) is 3.86. The molecule has 2 N–H and O–H groups in total. The second-order valence-corrected chi connectivity index (χ2v) is 5.77. The van der Waals surface area contributed by atoms with E-state index in [2.05, 4.69) is 0 Å². The monoisotopic (exact) mass is 308 g/mol. The Morgan fingerprint density at radius 1 is 1.13 bits per heavy atom. The van der Waals surface area contributed by atoms with Gasteiger partial charge in [-0.1, -0.05) is 25.1 Å². The number of rotatable bonds is 2. The molecule has 4 heteroatoms. The molecule has 0 heterocycles. The van der Waals surface area contributed by atoms with Crippen LogP contribution in [0.3, 0.4) is 0 Å². The van der Waals surface area contributed by atoms with Gasteiger partial charge < -0.3 is 10.2 Å². The Kier molecular flexibility index (Phi) is 3.52. The number of carbonyl (C=O) groups excluding carboxylic acids is 1. The Balaban J connectivity index is 2.05. The molecule has 0 saturated heterocycles. The highest BCUT2D eigenvalue weighted by Crippen LogP contribution is 2.43. The molecule has 3 rings (SSSR count). The predicted molar refractivity (Wildman–Crippen MR) is 87.0 cm³/mol. The van der Waals surface area contributed by atoms with Gasteiger partial charge in [0.15, 0.2) is 5.78 Å². The smallest absolute Gasteiger partial charge is 0.335 e. The van der Waals surface area contributed by atoms with Crippen LogP contribution in [0, 0.1) is 6.92 Å². The van der Waals surface area contributed by atoms with Gasteiger partial charge in [0.2, 0.25) is 0 Å². The van der Waals surface area contributed by atoms with Gasteiger partial charge in [-0.25, -0.2) is 4.79 Å². The van der Waals surface area contributed by atoms with Gasteiger partial charge in [-0.15, -0.1) is 0 Å². The van der Waals surface area contributed by atoms with Gasteiger partial charge in [-0.3, -0.25) is 4.79 Å². The number of benzene rings is 2. The maximum absolute atomic E-state index is 12.6. The lowest BCUT2D eigenvalue weighted by molar-refractivity contribution is 0.0696. The third-order valence-electron chi connectivity index (χ3n) is 4.31. The quantitative estimate of drug-likeness (QED) is 0.828. The van der Waals surface area contributed by atoms with Crippen LogP contribution in [-0.4, -0.2) is 22.0 Å². The summed E-state index contributed by atoms with van der Waals surface area (Å²) in [4.78, 5) is 23.5. The average Bonchev–Trinajstić information content (AvgIpc) is 2.77. The molecule has 23 heavy (non-hydrogen) atoms. The van der Waals surface area contributed by atoms with Gasteiger partial charge >= 0.3 is 5.97 Å². The molecule has 0 amide bonds. The first-order valence-electron chi connectivity index (χ1n) is 7.32. The molecular formula is C19H16O4. The Morgan fingerprint density at radius 3 is 2.35 bits per heavy atom. The normalized spacial score (nSPS) is 18.3. The van der Waals surface area contributed by atoms with Crippen molar-refractivity contribution in [3.8, 4) is 5.75 Å². The number of aryl methyl sites for hydroxylation is 1. The van der Waals surface area contributed by atoms with Crippen molar-refractivity contribution >= 4 is 17.8 Å². The number of carboxylic acids is 1. The first kappa shape index (κ1) is 15.0. The van der Waals surface area contributed by atoms with Crippen molar-refractivity contribution in [1.82, 2.24) is 0 Å². The standard InChI is InChI=1S/C19H16O4/c1-10-3-8-15(20)17-16(10)11(2)14(18(17)21)9-12-4-6-13(7-5-12)19(22)23/h3-9,11,20H,1-2H3,(H,22,23)/b14-9+. The van der Waals surface area contributed by atoms with Crippen molar-refractivity contribution in [2.24, 2.45) is 0 Å². The highest BCUT2D eigenvalue weighted by molar-refractivity contribution is 6.18. The second-order valence-electron chi connectivity index (χ2n) is 5.77. The number of fused-ring (bicyclic) bond motifs is 1. The minimum atomic E-state index is -0.984. The lowest BCUT2D eigenvalue weighted by atomic mass is 9.95. The van der Waals surface area contributed by atoms with Crippen molar-refractivity contribution in [1.29, 1.82) is 0 Å². The molecule has 0 aromatic heterocycles. The minimum Gasteiger partial charge on any atom is -0.507 e. The fraction of sp³-hybridized carbons (Fsp3) is 0.158. The number of carbonyl (C=O) groups is 2. The van der Waals surface area contributed by atoms with Gasteiger partial charge in [0.1, 0.15) is 5.75 Å². The van der Waals surface area contributed by atoms with Gasteiger partial charge in [0, 0.05) is 11.5 Å². The van der Waals surface area contributed by atoms with Crippen molar-refractivity contribution in [3.05, 3.63) is 69.8 Å². The molecular weight excluding hydrogens is 292 g/mol. The molecule has 1 aliphatic rings. The molecule has 0 bridgehead atoms. The van der Waals surface area contributed by atoms with E-state index in [0.717, 1.165) is 16.7 Å². The van der Waals surface area contributed by atoms with Crippen molar-refractivity contribution in [2.45, 2.75) is 19.8 Å².